The van der Waals surface area contributed by atoms with E-state index in [2.05, 4.69) is 15.3 Å². The van der Waals surface area contributed by atoms with Crippen molar-refractivity contribution < 1.29 is 17.9 Å². The maximum atomic E-state index is 13.6. The van der Waals surface area contributed by atoms with Gasteiger partial charge in [-0.15, -0.1) is 11.3 Å². The summed E-state index contributed by atoms with van der Waals surface area (Å²) in [5, 5.41) is 5.33. The molecule has 2 heterocycles. The predicted octanol–water partition coefficient (Wildman–Crippen LogP) is 6.60. The summed E-state index contributed by atoms with van der Waals surface area (Å²) in [4.78, 5) is 8.70. The highest BCUT2D eigenvalue weighted by Gasteiger charge is 2.35. The van der Waals surface area contributed by atoms with Gasteiger partial charge in [-0.25, -0.2) is 4.98 Å². The van der Waals surface area contributed by atoms with Crippen LogP contribution >= 0.6 is 11.3 Å². The van der Waals surface area contributed by atoms with E-state index in [0.717, 1.165) is 48.7 Å². The van der Waals surface area contributed by atoms with E-state index < -0.39 is 11.7 Å². The van der Waals surface area contributed by atoms with Crippen LogP contribution in [0.3, 0.4) is 0 Å². The van der Waals surface area contributed by atoms with E-state index in [4.69, 9.17) is 4.74 Å². The summed E-state index contributed by atoms with van der Waals surface area (Å²) in [5.41, 5.74) is 2.04. The zero-order valence-corrected chi connectivity index (χ0v) is 16.6. The molecule has 152 valence electrons. The fraction of sp³-hybridized carbons (Fsp3) is 0.333. The van der Waals surface area contributed by atoms with Crippen molar-refractivity contribution in [3.63, 3.8) is 0 Å². The van der Waals surface area contributed by atoms with Crippen LogP contribution in [0.1, 0.15) is 36.9 Å². The summed E-state index contributed by atoms with van der Waals surface area (Å²) in [6.45, 7) is 1.90. The molecule has 8 heteroatoms. The van der Waals surface area contributed by atoms with Crippen LogP contribution in [0.25, 0.3) is 11.3 Å². The summed E-state index contributed by atoms with van der Waals surface area (Å²) >= 11 is 1.32. The molecule has 1 aromatic carbocycles. The first-order chi connectivity index (χ1) is 13.9. The summed E-state index contributed by atoms with van der Waals surface area (Å²) in [6.07, 6.45) is 0.682. The minimum Gasteiger partial charge on any atom is -0.490 e. The molecule has 0 bridgehead atoms. The van der Waals surface area contributed by atoms with Crippen LogP contribution in [-0.4, -0.2) is 16.1 Å². The van der Waals surface area contributed by atoms with Crippen molar-refractivity contribution in [1.82, 2.24) is 9.97 Å². The SMILES string of the molecule is Cc1ccc(-c2csc(Nc3ccc(OC4CCCC4)c(C(F)(F)F)c3)n2)cn1. The van der Waals surface area contributed by atoms with Gasteiger partial charge in [-0.05, 0) is 62.9 Å². The maximum Gasteiger partial charge on any atom is 0.420 e. The first-order valence-corrected chi connectivity index (χ1v) is 10.3. The Kier molecular flexibility index (Phi) is 5.45. The summed E-state index contributed by atoms with van der Waals surface area (Å²) in [5.74, 6) is -0.111. The second kappa shape index (κ2) is 8.02. The molecule has 2 aromatic heterocycles. The second-order valence-electron chi connectivity index (χ2n) is 7.08. The Morgan fingerprint density at radius 2 is 1.93 bits per heavy atom. The van der Waals surface area contributed by atoms with Gasteiger partial charge < -0.3 is 10.1 Å². The molecule has 1 fully saturated rings. The van der Waals surface area contributed by atoms with Gasteiger partial charge in [0.1, 0.15) is 5.75 Å². The zero-order chi connectivity index (χ0) is 20.4. The molecule has 0 saturated heterocycles. The minimum atomic E-state index is -4.49. The van der Waals surface area contributed by atoms with Crippen LogP contribution in [0, 0.1) is 6.92 Å². The zero-order valence-electron chi connectivity index (χ0n) is 15.8. The van der Waals surface area contributed by atoms with Gasteiger partial charge in [-0.3, -0.25) is 4.98 Å². The topological polar surface area (TPSA) is 47.0 Å². The molecular weight excluding hydrogens is 399 g/mol. The summed E-state index contributed by atoms with van der Waals surface area (Å²) in [6, 6.07) is 7.87. The number of ether oxygens (including phenoxy) is 1. The molecule has 0 aliphatic heterocycles. The lowest BCUT2D eigenvalue weighted by molar-refractivity contribution is -0.139. The number of aryl methyl sites for hydroxylation is 1. The molecule has 0 radical (unpaired) electrons. The lowest BCUT2D eigenvalue weighted by Crippen LogP contribution is -2.15. The van der Waals surface area contributed by atoms with E-state index in [9.17, 15) is 13.2 Å². The molecule has 29 heavy (non-hydrogen) atoms. The predicted molar refractivity (Wildman–Crippen MR) is 108 cm³/mol. The molecule has 4 rings (SSSR count). The van der Waals surface area contributed by atoms with E-state index in [1.807, 2.05) is 24.4 Å². The molecule has 1 saturated carbocycles. The number of benzene rings is 1. The highest BCUT2D eigenvalue weighted by atomic mass is 32.1. The van der Waals surface area contributed by atoms with E-state index in [0.29, 0.717) is 10.8 Å². The van der Waals surface area contributed by atoms with Crippen LogP contribution in [0.5, 0.6) is 5.75 Å². The Bertz CT molecular complexity index is 980. The van der Waals surface area contributed by atoms with Crippen molar-refractivity contribution >= 4 is 22.2 Å². The molecule has 0 amide bonds. The average Bonchev–Trinajstić information content (AvgIpc) is 3.35. The van der Waals surface area contributed by atoms with Gasteiger partial charge in [-0.1, -0.05) is 0 Å². The number of halogens is 3. The third-order valence-electron chi connectivity index (χ3n) is 4.84. The molecular formula is C21H20F3N3OS. The second-order valence-corrected chi connectivity index (χ2v) is 7.94. The molecule has 1 aliphatic rings. The number of pyridine rings is 1. The van der Waals surface area contributed by atoms with E-state index >= 15 is 0 Å². The fourth-order valence-electron chi connectivity index (χ4n) is 3.32. The smallest absolute Gasteiger partial charge is 0.420 e. The van der Waals surface area contributed by atoms with Crippen molar-refractivity contribution in [1.29, 1.82) is 0 Å². The van der Waals surface area contributed by atoms with Crippen LogP contribution in [0.4, 0.5) is 24.0 Å². The number of nitrogens with zero attached hydrogens (tertiary/aromatic N) is 2. The van der Waals surface area contributed by atoms with Crippen molar-refractivity contribution in [2.24, 2.45) is 0 Å². The number of aromatic nitrogens is 2. The van der Waals surface area contributed by atoms with Crippen molar-refractivity contribution in [3.05, 3.63) is 53.2 Å². The lowest BCUT2D eigenvalue weighted by atomic mass is 10.1. The van der Waals surface area contributed by atoms with Gasteiger partial charge in [0, 0.05) is 28.5 Å². The van der Waals surface area contributed by atoms with Crippen molar-refractivity contribution in [2.45, 2.75) is 44.9 Å². The van der Waals surface area contributed by atoms with Crippen LogP contribution in [0.15, 0.2) is 41.9 Å². The van der Waals surface area contributed by atoms with Gasteiger partial charge >= 0.3 is 6.18 Å². The Hall–Kier alpha value is -2.61. The normalized spacial score (nSPS) is 14.9. The number of hydrogen-bond acceptors (Lipinski definition) is 5. The van der Waals surface area contributed by atoms with E-state index in [1.54, 1.807) is 12.3 Å². The number of thiazole rings is 1. The molecule has 1 aliphatic carbocycles. The third-order valence-corrected chi connectivity index (χ3v) is 5.60. The van der Waals surface area contributed by atoms with E-state index in [-0.39, 0.29) is 11.9 Å². The van der Waals surface area contributed by atoms with Crippen LogP contribution in [-0.2, 0) is 6.18 Å². The highest BCUT2D eigenvalue weighted by molar-refractivity contribution is 7.14. The molecule has 4 nitrogen and oxygen atoms in total. The molecule has 0 atom stereocenters. The summed E-state index contributed by atoms with van der Waals surface area (Å²) in [7, 11) is 0. The maximum absolute atomic E-state index is 13.6. The molecule has 1 N–H and O–H groups in total. The minimum absolute atomic E-state index is 0.111. The largest absolute Gasteiger partial charge is 0.490 e. The first-order valence-electron chi connectivity index (χ1n) is 9.42. The Balaban J connectivity index is 1.55. The van der Waals surface area contributed by atoms with E-state index in [1.165, 1.54) is 17.4 Å². The number of alkyl halides is 3. The van der Waals surface area contributed by atoms with Gasteiger partial charge in [0.05, 0.1) is 17.4 Å². The Morgan fingerprint density at radius 3 is 2.62 bits per heavy atom. The number of rotatable bonds is 5. The highest BCUT2D eigenvalue weighted by Crippen LogP contribution is 2.40. The van der Waals surface area contributed by atoms with Gasteiger partial charge in [0.2, 0.25) is 0 Å². The van der Waals surface area contributed by atoms with Crippen LogP contribution in [0.2, 0.25) is 0 Å². The standard InChI is InChI=1S/C21H20F3N3OS/c1-13-6-7-14(11-25-13)18-12-29-20(27-18)26-15-8-9-19(17(10-15)21(22,23)24)28-16-4-2-3-5-16/h6-12,16H,2-5H2,1H3,(H,26,27). The van der Waals surface area contributed by atoms with Gasteiger partial charge in [-0.2, -0.15) is 13.2 Å². The average molecular weight is 419 g/mol. The van der Waals surface area contributed by atoms with Gasteiger partial charge in [0.15, 0.2) is 5.13 Å². The molecule has 3 aromatic rings. The lowest BCUT2D eigenvalue weighted by Gasteiger charge is -2.19. The monoisotopic (exact) mass is 419 g/mol. The van der Waals surface area contributed by atoms with Gasteiger partial charge in [0.25, 0.3) is 0 Å². The van der Waals surface area contributed by atoms with Crippen molar-refractivity contribution in [3.8, 4) is 17.0 Å². The first kappa shape index (κ1) is 19.7. The number of hydrogen-bond donors (Lipinski definition) is 1. The number of anilines is 2. The quantitative estimate of drug-likeness (QED) is 0.506. The third kappa shape index (κ3) is 4.70. The van der Waals surface area contributed by atoms with Crippen LogP contribution < -0.4 is 10.1 Å². The summed E-state index contributed by atoms with van der Waals surface area (Å²) < 4.78 is 46.4. The van der Waals surface area contributed by atoms with Crippen molar-refractivity contribution in [2.75, 3.05) is 5.32 Å². The Labute approximate surface area is 170 Å². The number of nitrogens with one attached hydrogen (secondary N) is 1. The molecule has 0 spiro atoms. The Morgan fingerprint density at radius 1 is 1.14 bits per heavy atom. The molecule has 0 unspecified atom stereocenters. The fourth-order valence-corrected chi connectivity index (χ4v) is 4.06.